The van der Waals surface area contributed by atoms with Crippen LogP contribution >= 0.6 is 12.4 Å². The van der Waals surface area contributed by atoms with E-state index >= 15 is 0 Å². The fourth-order valence-corrected chi connectivity index (χ4v) is 1.36. The molecule has 10 heavy (non-hydrogen) atoms. The van der Waals surface area contributed by atoms with Crippen LogP contribution in [0.4, 0.5) is 4.39 Å². The van der Waals surface area contributed by atoms with Crippen LogP contribution in [-0.2, 0) is 0 Å². The SMILES string of the molecule is CC1CCCC(CF)N1.Cl. The van der Waals surface area contributed by atoms with Crippen LogP contribution in [0, 0.1) is 0 Å². The highest BCUT2D eigenvalue weighted by molar-refractivity contribution is 5.85. The highest BCUT2D eigenvalue weighted by Crippen LogP contribution is 2.11. The van der Waals surface area contributed by atoms with Gasteiger partial charge in [0.05, 0.1) is 0 Å². The number of piperidine rings is 1. The molecule has 1 heterocycles. The lowest BCUT2D eigenvalue weighted by Gasteiger charge is -2.26. The molecular formula is C7H15ClFN. The number of nitrogens with one attached hydrogen (secondary N) is 1. The van der Waals surface area contributed by atoms with Gasteiger partial charge in [0, 0.05) is 12.1 Å². The van der Waals surface area contributed by atoms with Gasteiger partial charge in [-0.3, -0.25) is 0 Å². The number of alkyl halides is 1. The third kappa shape index (κ3) is 2.84. The Balaban J connectivity index is 0.000000810. The Hall–Kier alpha value is 0.180. The Kier molecular flexibility index (Phi) is 5.00. The van der Waals surface area contributed by atoms with Crippen molar-refractivity contribution in [3.05, 3.63) is 0 Å². The minimum Gasteiger partial charge on any atom is -0.309 e. The van der Waals surface area contributed by atoms with Crippen LogP contribution in [0.25, 0.3) is 0 Å². The summed E-state index contributed by atoms with van der Waals surface area (Å²) in [4.78, 5) is 0. The minimum atomic E-state index is -0.204. The van der Waals surface area contributed by atoms with Crippen molar-refractivity contribution in [3.8, 4) is 0 Å². The molecule has 1 fully saturated rings. The van der Waals surface area contributed by atoms with Gasteiger partial charge in [-0.2, -0.15) is 0 Å². The molecule has 0 aromatic carbocycles. The van der Waals surface area contributed by atoms with Crippen molar-refractivity contribution in [2.75, 3.05) is 6.67 Å². The molecule has 1 N–H and O–H groups in total. The number of halogens is 2. The lowest BCUT2D eigenvalue weighted by molar-refractivity contribution is 0.280. The summed E-state index contributed by atoms with van der Waals surface area (Å²) in [7, 11) is 0. The van der Waals surface area contributed by atoms with Gasteiger partial charge in [-0.15, -0.1) is 12.4 Å². The molecule has 0 aromatic rings. The predicted octanol–water partition coefficient (Wildman–Crippen LogP) is 1.91. The van der Waals surface area contributed by atoms with E-state index in [-0.39, 0.29) is 25.1 Å². The molecule has 1 saturated heterocycles. The molecule has 2 atom stereocenters. The number of rotatable bonds is 1. The van der Waals surface area contributed by atoms with Crippen LogP contribution in [-0.4, -0.2) is 18.8 Å². The van der Waals surface area contributed by atoms with Crippen LogP contribution in [0.5, 0.6) is 0 Å². The second-order valence-electron chi connectivity index (χ2n) is 2.85. The summed E-state index contributed by atoms with van der Waals surface area (Å²) in [5.41, 5.74) is 0. The third-order valence-corrected chi connectivity index (χ3v) is 1.90. The standard InChI is InChI=1S/C7H14FN.ClH/c1-6-3-2-4-7(5-8)9-6;/h6-7,9H,2-5H2,1H3;1H. The molecule has 1 aliphatic rings. The molecule has 1 rings (SSSR count). The maximum absolute atomic E-state index is 12.0. The van der Waals surface area contributed by atoms with E-state index < -0.39 is 0 Å². The summed E-state index contributed by atoms with van der Waals surface area (Å²) in [5, 5.41) is 3.19. The van der Waals surface area contributed by atoms with Crippen LogP contribution in [0.3, 0.4) is 0 Å². The first-order valence-electron chi connectivity index (χ1n) is 3.65. The molecule has 3 heteroatoms. The third-order valence-electron chi connectivity index (χ3n) is 1.90. The number of hydrogen-bond acceptors (Lipinski definition) is 1. The second kappa shape index (κ2) is 4.91. The maximum Gasteiger partial charge on any atom is 0.105 e. The predicted molar refractivity (Wildman–Crippen MR) is 43.5 cm³/mol. The second-order valence-corrected chi connectivity index (χ2v) is 2.85. The summed E-state index contributed by atoms with van der Waals surface area (Å²) in [5.74, 6) is 0. The molecule has 0 amide bonds. The van der Waals surface area contributed by atoms with Gasteiger partial charge < -0.3 is 5.32 Å². The van der Waals surface area contributed by atoms with E-state index in [2.05, 4.69) is 12.2 Å². The lowest BCUT2D eigenvalue weighted by atomic mass is 10.0. The monoisotopic (exact) mass is 167 g/mol. The smallest absolute Gasteiger partial charge is 0.105 e. The van der Waals surface area contributed by atoms with Crippen LogP contribution < -0.4 is 5.32 Å². The minimum absolute atomic E-state index is 0. The van der Waals surface area contributed by atoms with Gasteiger partial charge in [0.15, 0.2) is 0 Å². The van der Waals surface area contributed by atoms with Gasteiger partial charge in [0.1, 0.15) is 6.67 Å². The Labute approximate surface area is 67.8 Å². The van der Waals surface area contributed by atoms with Crippen molar-refractivity contribution in [1.82, 2.24) is 5.32 Å². The van der Waals surface area contributed by atoms with Crippen molar-refractivity contribution >= 4 is 12.4 Å². The van der Waals surface area contributed by atoms with Gasteiger partial charge in [0.2, 0.25) is 0 Å². The van der Waals surface area contributed by atoms with E-state index in [4.69, 9.17) is 0 Å². The average molecular weight is 168 g/mol. The highest BCUT2D eigenvalue weighted by atomic mass is 35.5. The van der Waals surface area contributed by atoms with E-state index in [0.717, 1.165) is 6.42 Å². The molecule has 0 bridgehead atoms. The van der Waals surface area contributed by atoms with Gasteiger partial charge in [-0.05, 0) is 19.8 Å². The zero-order valence-corrected chi connectivity index (χ0v) is 7.09. The first kappa shape index (κ1) is 10.2. The van der Waals surface area contributed by atoms with Gasteiger partial charge >= 0.3 is 0 Å². The molecule has 0 aliphatic carbocycles. The topological polar surface area (TPSA) is 12.0 Å². The molecular weight excluding hydrogens is 153 g/mol. The van der Waals surface area contributed by atoms with Crippen molar-refractivity contribution in [3.63, 3.8) is 0 Å². The molecule has 1 nitrogen and oxygen atoms in total. The molecule has 0 aromatic heterocycles. The van der Waals surface area contributed by atoms with E-state index in [9.17, 15) is 4.39 Å². The average Bonchev–Trinajstić information content (AvgIpc) is 1.88. The van der Waals surface area contributed by atoms with Gasteiger partial charge in [-0.1, -0.05) is 6.42 Å². The van der Waals surface area contributed by atoms with E-state index in [1.807, 2.05) is 0 Å². The molecule has 0 radical (unpaired) electrons. The molecule has 1 aliphatic heterocycles. The first-order valence-corrected chi connectivity index (χ1v) is 3.65. The van der Waals surface area contributed by atoms with E-state index in [1.54, 1.807) is 0 Å². The Morgan fingerprint density at radius 1 is 1.50 bits per heavy atom. The molecule has 0 saturated carbocycles. The molecule has 62 valence electrons. The summed E-state index contributed by atoms with van der Waals surface area (Å²) in [6.07, 6.45) is 3.40. The summed E-state index contributed by atoms with van der Waals surface area (Å²) in [6.45, 7) is 1.91. The zero-order valence-electron chi connectivity index (χ0n) is 6.27. The van der Waals surface area contributed by atoms with Crippen molar-refractivity contribution < 1.29 is 4.39 Å². The fourth-order valence-electron chi connectivity index (χ4n) is 1.36. The van der Waals surface area contributed by atoms with Crippen molar-refractivity contribution in [2.24, 2.45) is 0 Å². The highest BCUT2D eigenvalue weighted by Gasteiger charge is 2.16. The summed E-state index contributed by atoms with van der Waals surface area (Å²) >= 11 is 0. The largest absolute Gasteiger partial charge is 0.309 e. The zero-order chi connectivity index (χ0) is 6.69. The van der Waals surface area contributed by atoms with Crippen LogP contribution in [0.1, 0.15) is 26.2 Å². The van der Waals surface area contributed by atoms with Crippen LogP contribution in [0.2, 0.25) is 0 Å². The maximum atomic E-state index is 12.0. The molecule has 2 unspecified atom stereocenters. The van der Waals surface area contributed by atoms with E-state index in [0.29, 0.717) is 6.04 Å². The quantitative estimate of drug-likeness (QED) is 0.629. The number of hydrogen-bond donors (Lipinski definition) is 1. The summed E-state index contributed by atoms with van der Waals surface area (Å²) in [6, 6.07) is 0.674. The van der Waals surface area contributed by atoms with Crippen molar-refractivity contribution in [1.29, 1.82) is 0 Å². The summed E-state index contributed by atoms with van der Waals surface area (Å²) < 4.78 is 12.0. The Bertz CT molecular complexity index is 89.7. The fraction of sp³-hybridized carbons (Fsp3) is 1.00. The first-order chi connectivity index (χ1) is 4.33. The molecule has 0 spiro atoms. The van der Waals surface area contributed by atoms with Crippen molar-refractivity contribution in [2.45, 2.75) is 38.3 Å². The normalized spacial score (nSPS) is 33.0. The Morgan fingerprint density at radius 2 is 2.20 bits per heavy atom. The van der Waals surface area contributed by atoms with Gasteiger partial charge in [0.25, 0.3) is 0 Å². The van der Waals surface area contributed by atoms with E-state index in [1.165, 1.54) is 12.8 Å². The lowest BCUT2D eigenvalue weighted by Crippen LogP contribution is -2.41. The van der Waals surface area contributed by atoms with Crippen LogP contribution in [0.15, 0.2) is 0 Å². The Morgan fingerprint density at radius 3 is 2.60 bits per heavy atom. The van der Waals surface area contributed by atoms with Gasteiger partial charge in [-0.25, -0.2) is 4.39 Å².